The third kappa shape index (κ3) is 2.16. The van der Waals surface area contributed by atoms with Crippen molar-refractivity contribution in [3.8, 4) is 0 Å². The summed E-state index contributed by atoms with van der Waals surface area (Å²) in [6, 6.07) is 5.71. The molecule has 4 heteroatoms. The highest BCUT2D eigenvalue weighted by molar-refractivity contribution is 7.12. The molecule has 102 valence electrons. The minimum absolute atomic E-state index is 0.0189. The quantitative estimate of drug-likeness (QED) is 0.691. The van der Waals surface area contributed by atoms with E-state index in [0.29, 0.717) is 10.9 Å². The number of anilines is 1. The first-order chi connectivity index (χ1) is 9.56. The van der Waals surface area contributed by atoms with Crippen LogP contribution in [0.5, 0.6) is 0 Å². The molecule has 1 aliphatic rings. The number of rotatable bonds is 3. The summed E-state index contributed by atoms with van der Waals surface area (Å²) in [5.41, 5.74) is 10.4. The van der Waals surface area contributed by atoms with Crippen molar-refractivity contribution >= 4 is 28.4 Å². The maximum Gasteiger partial charge on any atom is 0.221 e. The fourth-order valence-corrected chi connectivity index (χ4v) is 3.29. The van der Waals surface area contributed by atoms with Gasteiger partial charge in [-0.25, -0.2) is 4.98 Å². The molecule has 0 atom stereocenters. The van der Waals surface area contributed by atoms with Crippen molar-refractivity contribution in [3.63, 3.8) is 0 Å². The number of benzene rings is 1. The van der Waals surface area contributed by atoms with Gasteiger partial charge in [-0.2, -0.15) is 0 Å². The molecule has 0 saturated heterocycles. The lowest BCUT2D eigenvalue weighted by Crippen LogP contribution is -2.02. The molecule has 0 aliphatic heterocycles. The lowest BCUT2D eigenvalue weighted by Gasteiger charge is -2.04. The van der Waals surface area contributed by atoms with Crippen LogP contribution in [0.1, 0.15) is 46.4 Å². The number of aromatic nitrogens is 1. The molecule has 3 nitrogen and oxygen atoms in total. The molecule has 1 aromatic carbocycles. The average Bonchev–Trinajstić information content (AvgIpc) is 3.04. The summed E-state index contributed by atoms with van der Waals surface area (Å²) in [6.45, 7) is 4.16. The summed E-state index contributed by atoms with van der Waals surface area (Å²) in [6.07, 6.45) is 2.74. The predicted molar refractivity (Wildman–Crippen MR) is 83.1 cm³/mol. The second-order valence-corrected chi connectivity index (χ2v) is 6.16. The molecule has 0 spiro atoms. The smallest absolute Gasteiger partial charge is 0.221 e. The molecule has 1 heterocycles. The van der Waals surface area contributed by atoms with Gasteiger partial charge in [0.2, 0.25) is 5.78 Å². The molecule has 0 unspecified atom stereocenters. The van der Waals surface area contributed by atoms with Gasteiger partial charge in [-0.05, 0) is 35.6 Å². The van der Waals surface area contributed by atoms with E-state index in [4.69, 9.17) is 5.73 Å². The molecule has 1 aliphatic carbocycles. The molecule has 0 bridgehead atoms. The van der Waals surface area contributed by atoms with Gasteiger partial charge < -0.3 is 5.73 Å². The number of nitrogens with two attached hydrogens (primary N) is 1. The maximum atomic E-state index is 12.6. The summed E-state index contributed by atoms with van der Waals surface area (Å²) >= 11 is 1.42. The second kappa shape index (κ2) is 4.87. The van der Waals surface area contributed by atoms with Crippen LogP contribution in [0, 0.1) is 0 Å². The zero-order valence-corrected chi connectivity index (χ0v) is 12.3. The van der Waals surface area contributed by atoms with E-state index in [1.165, 1.54) is 11.3 Å². The van der Waals surface area contributed by atoms with Crippen LogP contribution >= 0.6 is 11.3 Å². The molecule has 20 heavy (non-hydrogen) atoms. The first-order valence-electron chi connectivity index (χ1n) is 6.65. The summed E-state index contributed by atoms with van der Waals surface area (Å²) in [5.74, 6) is 0.364. The molecule has 0 fully saturated rings. The van der Waals surface area contributed by atoms with Crippen molar-refractivity contribution in [1.82, 2.24) is 4.98 Å². The molecule has 0 radical (unpaired) electrons. The van der Waals surface area contributed by atoms with Gasteiger partial charge in [0.1, 0.15) is 0 Å². The lowest BCUT2D eigenvalue weighted by atomic mass is 10.0. The molecular formula is C16H16N2OS. The number of carbonyl (C=O) groups excluding carboxylic acids is 1. The normalized spacial score (nSPS) is 13.4. The number of hydrogen-bond acceptors (Lipinski definition) is 4. The largest absolute Gasteiger partial charge is 0.399 e. The third-order valence-corrected chi connectivity index (χ3v) is 4.36. The van der Waals surface area contributed by atoms with E-state index in [2.05, 4.69) is 18.8 Å². The van der Waals surface area contributed by atoms with E-state index in [-0.39, 0.29) is 5.78 Å². The Hall–Kier alpha value is -1.94. The number of Topliss-reactive ketones (excluding diaryl/α,β-unsaturated/α-hetero) is 1. The molecule has 2 aromatic rings. The highest BCUT2D eigenvalue weighted by Gasteiger charge is 2.23. The standard InChI is InChI=1S/C16H16N2OS/c1-9(2)14-8-20-16(18-14)15(19)13-5-3-10-7-11(17)4-6-12(10)13/h4-9H,3,17H2,1-2H3. The Morgan fingerprint density at radius 3 is 2.90 bits per heavy atom. The summed E-state index contributed by atoms with van der Waals surface area (Å²) in [7, 11) is 0. The monoisotopic (exact) mass is 284 g/mol. The number of nitrogens with zero attached hydrogens (tertiary/aromatic N) is 1. The van der Waals surface area contributed by atoms with Crippen LogP contribution in [0.3, 0.4) is 0 Å². The molecule has 1 aromatic heterocycles. The topological polar surface area (TPSA) is 56.0 Å². The highest BCUT2D eigenvalue weighted by atomic mass is 32.1. The number of ketones is 1. The van der Waals surface area contributed by atoms with Crippen molar-refractivity contribution in [2.75, 3.05) is 5.73 Å². The van der Waals surface area contributed by atoms with Gasteiger partial charge in [0.05, 0.1) is 5.69 Å². The van der Waals surface area contributed by atoms with E-state index in [1.54, 1.807) is 0 Å². The van der Waals surface area contributed by atoms with E-state index in [1.807, 2.05) is 29.7 Å². The molecule has 3 rings (SSSR count). The highest BCUT2D eigenvalue weighted by Crippen LogP contribution is 2.32. The molecule has 0 saturated carbocycles. The van der Waals surface area contributed by atoms with Crippen LogP contribution < -0.4 is 5.73 Å². The van der Waals surface area contributed by atoms with Crippen molar-refractivity contribution in [1.29, 1.82) is 0 Å². The van der Waals surface area contributed by atoms with Crippen molar-refractivity contribution in [3.05, 3.63) is 51.5 Å². The third-order valence-electron chi connectivity index (χ3n) is 3.50. The predicted octanol–water partition coefficient (Wildman–Crippen LogP) is 3.67. The minimum Gasteiger partial charge on any atom is -0.399 e. The number of thiazole rings is 1. The van der Waals surface area contributed by atoms with Crippen molar-refractivity contribution < 1.29 is 4.79 Å². The van der Waals surface area contributed by atoms with Crippen LogP contribution in [-0.4, -0.2) is 10.8 Å². The Bertz CT molecular complexity index is 713. The first-order valence-corrected chi connectivity index (χ1v) is 7.53. The second-order valence-electron chi connectivity index (χ2n) is 5.30. The van der Waals surface area contributed by atoms with E-state index < -0.39 is 0 Å². The van der Waals surface area contributed by atoms with E-state index in [0.717, 1.165) is 34.5 Å². The van der Waals surface area contributed by atoms with Crippen molar-refractivity contribution in [2.45, 2.75) is 26.2 Å². The molecular weight excluding hydrogens is 268 g/mol. The number of hydrogen-bond donors (Lipinski definition) is 1. The van der Waals surface area contributed by atoms with Crippen LogP contribution in [0.25, 0.3) is 5.57 Å². The number of carbonyl (C=O) groups is 1. The molecule has 2 N–H and O–H groups in total. The minimum atomic E-state index is 0.0189. The Kier molecular flexibility index (Phi) is 3.18. The van der Waals surface area contributed by atoms with E-state index >= 15 is 0 Å². The van der Waals surface area contributed by atoms with Gasteiger partial charge >= 0.3 is 0 Å². The number of nitrogen functional groups attached to an aromatic ring is 1. The van der Waals surface area contributed by atoms with Crippen LogP contribution in [0.2, 0.25) is 0 Å². The zero-order chi connectivity index (χ0) is 14.3. The van der Waals surface area contributed by atoms with Crippen LogP contribution in [0.4, 0.5) is 5.69 Å². The molecule has 0 amide bonds. The van der Waals surface area contributed by atoms with Gasteiger partial charge in [0, 0.05) is 16.6 Å². The summed E-state index contributed by atoms with van der Waals surface area (Å²) in [5, 5.41) is 2.54. The van der Waals surface area contributed by atoms with Crippen LogP contribution in [0.15, 0.2) is 29.7 Å². The number of allylic oxidation sites excluding steroid dienone is 2. The maximum absolute atomic E-state index is 12.6. The van der Waals surface area contributed by atoms with Gasteiger partial charge in [0.25, 0.3) is 0 Å². The summed E-state index contributed by atoms with van der Waals surface area (Å²) in [4.78, 5) is 17.0. The van der Waals surface area contributed by atoms with E-state index in [9.17, 15) is 4.79 Å². The SMILES string of the molecule is CC(C)c1csc(C(=O)C2=CCc3cc(N)ccc32)n1. The average molecular weight is 284 g/mol. The Morgan fingerprint density at radius 2 is 2.20 bits per heavy atom. The fraction of sp³-hybridized carbons (Fsp3) is 0.250. The van der Waals surface area contributed by atoms with Gasteiger partial charge in [-0.1, -0.05) is 26.0 Å². The van der Waals surface area contributed by atoms with Gasteiger partial charge in [0.15, 0.2) is 5.01 Å². The first kappa shape index (κ1) is 13.1. The fourth-order valence-electron chi connectivity index (χ4n) is 2.35. The summed E-state index contributed by atoms with van der Waals surface area (Å²) < 4.78 is 0. The lowest BCUT2D eigenvalue weighted by molar-refractivity contribution is 0.105. The Balaban J connectivity index is 1.93. The van der Waals surface area contributed by atoms with Crippen molar-refractivity contribution in [2.24, 2.45) is 0 Å². The van der Waals surface area contributed by atoms with Gasteiger partial charge in [-0.15, -0.1) is 11.3 Å². The number of fused-ring (bicyclic) bond motifs is 1. The zero-order valence-electron chi connectivity index (χ0n) is 11.5. The van der Waals surface area contributed by atoms with Gasteiger partial charge in [-0.3, -0.25) is 4.79 Å². The Labute approximate surface area is 122 Å². The van der Waals surface area contributed by atoms with Crippen LogP contribution in [-0.2, 0) is 6.42 Å². The Morgan fingerprint density at radius 1 is 1.40 bits per heavy atom.